The summed E-state index contributed by atoms with van der Waals surface area (Å²) in [5.74, 6) is 0.234. The van der Waals surface area contributed by atoms with Crippen LogP contribution in [0.4, 0.5) is 0 Å². The van der Waals surface area contributed by atoms with Crippen molar-refractivity contribution in [1.29, 1.82) is 0 Å². The molecule has 3 N–H and O–H groups in total. The normalized spacial score (nSPS) is 17.2. The lowest BCUT2D eigenvalue weighted by atomic mass is 9.84. The van der Waals surface area contributed by atoms with Crippen LogP contribution >= 0.6 is 0 Å². The summed E-state index contributed by atoms with van der Waals surface area (Å²) in [4.78, 5) is 12.7. The van der Waals surface area contributed by atoms with Crippen LogP contribution in [0.15, 0.2) is 29.2 Å². The third-order valence-electron chi connectivity index (χ3n) is 5.25. The molecule has 1 aromatic carbocycles. The minimum atomic E-state index is -3.51. The van der Waals surface area contributed by atoms with Crippen molar-refractivity contribution in [2.75, 3.05) is 19.6 Å². The first-order chi connectivity index (χ1) is 12.4. The number of sulfonamides is 1. The fourth-order valence-electron chi connectivity index (χ4n) is 3.65. The molecule has 26 heavy (non-hydrogen) atoms. The fourth-order valence-corrected chi connectivity index (χ4v) is 5.11. The highest BCUT2D eigenvalue weighted by Crippen LogP contribution is 2.26. The van der Waals surface area contributed by atoms with E-state index in [0.717, 1.165) is 12.8 Å². The molecule has 0 saturated heterocycles. The molecule has 0 aliphatic heterocycles. The van der Waals surface area contributed by atoms with Crippen LogP contribution in [-0.4, -0.2) is 44.3 Å². The number of benzene rings is 1. The fraction of sp³-hybridized carbons (Fsp3) is 0.632. The van der Waals surface area contributed by atoms with E-state index in [0.29, 0.717) is 31.1 Å². The van der Waals surface area contributed by atoms with Crippen LogP contribution in [0, 0.1) is 5.92 Å². The highest BCUT2D eigenvalue weighted by atomic mass is 32.2. The summed E-state index contributed by atoms with van der Waals surface area (Å²) in [5, 5.41) is 3.03. The molecule has 2 rings (SSSR count). The van der Waals surface area contributed by atoms with Crippen molar-refractivity contribution in [3.8, 4) is 0 Å². The molecule has 0 radical (unpaired) electrons. The molecule has 1 saturated carbocycles. The van der Waals surface area contributed by atoms with Crippen LogP contribution < -0.4 is 11.1 Å². The molecular weight excluding hydrogens is 350 g/mol. The molecule has 0 spiro atoms. The molecule has 6 nitrogen and oxygen atoms in total. The molecule has 1 unspecified atom stereocenters. The summed E-state index contributed by atoms with van der Waals surface area (Å²) in [5.41, 5.74) is 6.33. The van der Waals surface area contributed by atoms with Crippen LogP contribution in [0.5, 0.6) is 0 Å². The van der Waals surface area contributed by atoms with E-state index < -0.39 is 10.0 Å². The van der Waals surface area contributed by atoms with E-state index in [4.69, 9.17) is 5.73 Å². The number of carbonyl (C=O) groups excluding carboxylic acids is 1. The standard InChI is InChI=1S/C19H31N3O3S/c1-3-22(4-2)26(24,25)17-12-10-16(11-13-17)19(23)21-18(14-20)15-8-6-5-7-9-15/h10-13,15,18H,3-9,14,20H2,1-2H3,(H,21,23). The van der Waals surface area contributed by atoms with Gasteiger partial charge in [-0.15, -0.1) is 0 Å². The Morgan fingerprint density at radius 3 is 2.23 bits per heavy atom. The minimum absolute atomic E-state index is 0.0260. The van der Waals surface area contributed by atoms with E-state index in [-0.39, 0.29) is 16.8 Å². The zero-order valence-electron chi connectivity index (χ0n) is 15.8. The van der Waals surface area contributed by atoms with Gasteiger partial charge in [-0.1, -0.05) is 33.1 Å². The molecule has 1 aliphatic rings. The largest absolute Gasteiger partial charge is 0.348 e. The maximum atomic E-state index is 12.5. The Morgan fingerprint density at radius 2 is 1.73 bits per heavy atom. The Balaban J connectivity index is 2.08. The molecule has 0 aromatic heterocycles. The predicted molar refractivity (Wildman–Crippen MR) is 103 cm³/mol. The number of nitrogens with one attached hydrogen (secondary N) is 1. The number of hydrogen-bond donors (Lipinski definition) is 2. The highest BCUT2D eigenvalue weighted by Gasteiger charge is 2.25. The van der Waals surface area contributed by atoms with Crippen LogP contribution in [0.25, 0.3) is 0 Å². The number of nitrogens with two attached hydrogens (primary N) is 1. The predicted octanol–water partition coefficient (Wildman–Crippen LogP) is 2.35. The van der Waals surface area contributed by atoms with Gasteiger partial charge in [-0.05, 0) is 43.0 Å². The van der Waals surface area contributed by atoms with E-state index in [2.05, 4.69) is 5.32 Å². The minimum Gasteiger partial charge on any atom is -0.348 e. The quantitative estimate of drug-likeness (QED) is 0.723. The lowest BCUT2D eigenvalue weighted by Gasteiger charge is -2.30. The van der Waals surface area contributed by atoms with Crippen molar-refractivity contribution < 1.29 is 13.2 Å². The van der Waals surface area contributed by atoms with Gasteiger partial charge in [0.1, 0.15) is 0 Å². The molecule has 1 atom stereocenters. The van der Waals surface area contributed by atoms with E-state index in [1.807, 2.05) is 0 Å². The smallest absolute Gasteiger partial charge is 0.251 e. The van der Waals surface area contributed by atoms with Gasteiger partial charge in [0.05, 0.1) is 4.90 Å². The first kappa shape index (κ1) is 20.9. The molecule has 0 heterocycles. The number of carbonyl (C=O) groups is 1. The Kier molecular flexibility index (Phi) is 7.61. The van der Waals surface area contributed by atoms with E-state index >= 15 is 0 Å². The molecular formula is C19H31N3O3S. The Labute approximate surface area is 157 Å². The van der Waals surface area contributed by atoms with Crippen LogP contribution in [0.1, 0.15) is 56.3 Å². The number of hydrogen-bond acceptors (Lipinski definition) is 4. The molecule has 1 aromatic rings. The van der Waals surface area contributed by atoms with Gasteiger partial charge >= 0.3 is 0 Å². The van der Waals surface area contributed by atoms with Crippen molar-refractivity contribution in [3.63, 3.8) is 0 Å². The SMILES string of the molecule is CCN(CC)S(=O)(=O)c1ccc(C(=O)NC(CN)C2CCCCC2)cc1. The number of amides is 1. The number of rotatable bonds is 8. The van der Waals surface area contributed by atoms with Crippen molar-refractivity contribution >= 4 is 15.9 Å². The monoisotopic (exact) mass is 381 g/mol. The molecule has 1 amide bonds. The number of nitrogens with zero attached hydrogens (tertiary/aromatic N) is 1. The molecule has 146 valence electrons. The third kappa shape index (κ3) is 4.84. The van der Waals surface area contributed by atoms with Gasteiger partial charge in [-0.25, -0.2) is 8.42 Å². The van der Waals surface area contributed by atoms with Crippen LogP contribution in [0.2, 0.25) is 0 Å². The average Bonchev–Trinajstić information content (AvgIpc) is 2.67. The van der Waals surface area contributed by atoms with E-state index in [1.54, 1.807) is 26.0 Å². The summed E-state index contributed by atoms with van der Waals surface area (Å²) < 4.78 is 26.4. The topological polar surface area (TPSA) is 92.5 Å². The van der Waals surface area contributed by atoms with Gasteiger partial charge in [-0.2, -0.15) is 4.31 Å². The maximum absolute atomic E-state index is 12.5. The highest BCUT2D eigenvalue weighted by molar-refractivity contribution is 7.89. The first-order valence-electron chi connectivity index (χ1n) is 9.55. The van der Waals surface area contributed by atoms with Gasteiger partial charge in [0.2, 0.25) is 10.0 Å². The Morgan fingerprint density at radius 1 is 1.15 bits per heavy atom. The van der Waals surface area contributed by atoms with Gasteiger partial charge in [0.25, 0.3) is 5.91 Å². The van der Waals surface area contributed by atoms with Gasteiger partial charge in [-0.3, -0.25) is 4.79 Å². The average molecular weight is 382 g/mol. The lowest BCUT2D eigenvalue weighted by molar-refractivity contribution is 0.0915. The van der Waals surface area contributed by atoms with Gasteiger partial charge in [0, 0.05) is 31.2 Å². The second kappa shape index (κ2) is 9.48. The van der Waals surface area contributed by atoms with Gasteiger partial charge < -0.3 is 11.1 Å². The summed E-state index contributed by atoms with van der Waals surface area (Å²) in [6, 6.07) is 6.11. The Bertz CT molecular complexity index is 678. The zero-order chi connectivity index (χ0) is 19.2. The second-order valence-corrected chi connectivity index (χ2v) is 8.77. The second-order valence-electron chi connectivity index (χ2n) is 6.83. The van der Waals surface area contributed by atoms with Crippen LogP contribution in [0.3, 0.4) is 0 Å². The zero-order valence-corrected chi connectivity index (χ0v) is 16.6. The molecule has 1 aliphatic carbocycles. The first-order valence-corrected chi connectivity index (χ1v) is 11.0. The summed E-state index contributed by atoms with van der Waals surface area (Å²) in [7, 11) is -3.51. The third-order valence-corrected chi connectivity index (χ3v) is 7.31. The summed E-state index contributed by atoms with van der Waals surface area (Å²) in [6.45, 7) is 4.87. The molecule has 1 fully saturated rings. The maximum Gasteiger partial charge on any atom is 0.251 e. The van der Waals surface area contributed by atoms with E-state index in [1.165, 1.54) is 35.7 Å². The van der Waals surface area contributed by atoms with Crippen molar-refractivity contribution in [1.82, 2.24) is 9.62 Å². The van der Waals surface area contributed by atoms with Gasteiger partial charge in [0.15, 0.2) is 0 Å². The lowest BCUT2D eigenvalue weighted by Crippen LogP contribution is -2.45. The summed E-state index contributed by atoms with van der Waals surface area (Å²) in [6.07, 6.45) is 5.83. The van der Waals surface area contributed by atoms with Crippen molar-refractivity contribution in [2.45, 2.75) is 56.9 Å². The van der Waals surface area contributed by atoms with E-state index in [9.17, 15) is 13.2 Å². The Hall–Kier alpha value is -1.44. The summed E-state index contributed by atoms with van der Waals surface area (Å²) >= 11 is 0. The molecule has 7 heteroatoms. The molecule has 0 bridgehead atoms. The van der Waals surface area contributed by atoms with Crippen molar-refractivity contribution in [3.05, 3.63) is 29.8 Å². The van der Waals surface area contributed by atoms with Crippen molar-refractivity contribution in [2.24, 2.45) is 11.7 Å². The van der Waals surface area contributed by atoms with Crippen LogP contribution in [-0.2, 0) is 10.0 Å².